The van der Waals surface area contributed by atoms with E-state index in [-0.39, 0.29) is 11.9 Å². The number of benzene rings is 1. The first-order valence-electron chi connectivity index (χ1n) is 6.89. The van der Waals surface area contributed by atoms with E-state index in [1.54, 1.807) is 12.1 Å². The van der Waals surface area contributed by atoms with Gasteiger partial charge < -0.3 is 14.8 Å². The largest absolute Gasteiger partial charge is 0.486 e. The van der Waals surface area contributed by atoms with Crippen molar-refractivity contribution in [3.63, 3.8) is 0 Å². The van der Waals surface area contributed by atoms with E-state index in [1.165, 1.54) is 0 Å². The van der Waals surface area contributed by atoms with Crippen molar-refractivity contribution in [3.05, 3.63) is 23.8 Å². The van der Waals surface area contributed by atoms with Crippen molar-refractivity contribution in [1.82, 2.24) is 5.32 Å². The third-order valence-electron chi connectivity index (χ3n) is 3.35. The van der Waals surface area contributed by atoms with Gasteiger partial charge in [-0.1, -0.05) is 19.9 Å². The van der Waals surface area contributed by atoms with Crippen molar-refractivity contribution in [2.75, 3.05) is 19.1 Å². The Kier molecular flexibility index (Phi) is 5.12. The fourth-order valence-electron chi connectivity index (χ4n) is 2.19. The lowest BCUT2D eigenvalue weighted by molar-refractivity contribution is 0.0914. The molecular weight excluding hydrogens is 278 g/mol. The Morgan fingerprint density at radius 1 is 1.35 bits per heavy atom. The van der Waals surface area contributed by atoms with E-state index >= 15 is 0 Å². The zero-order chi connectivity index (χ0) is 14.5. The highest BCUT2D eigenvalue weighted by Crippen LogP contribution is 2.33. The Hall–Kier alpha value is -1.42. The van der Waals surface area contributed by atoms with Crippen LogP contribution in [0.15, 0.2) is 18.2 Å². The van der Waals surface area contributed by atoms with Gasteiger partial charge in [-0.05, 0) is 24.5 Å². The zero-order valence-corrected chi connectivity index (χ0v) is 12.6. The number of hydrogen-bond acceptors (Lipinski definition) is 3. The molecule has 0 aliphatic carbocycles. The molecule has 1 aromatic rings. The second kappa shape index (κ2) is 6.84. The van der Waals surface area contributed by atoms with Crippen LogP contribution in [-0.4, -0.2) is 31.0 Å². The molecule has 0 fully saturated rings. The molecule has 1 aliphatic rings. The Bertz CT molecular complexity index is 476. The molecule has 0 bridgehead atoms. The van der Waals surface area contributed by atoms with Crippen LogP contribution in [0, 0.1) is 5.92 Å². The van der Waals surface area contributed by atoms with Crippen molar-refractivity contribution in [3.8, 4) is 11.5 Å². The molecule has 0 saturated carbocycles. The molecular formula is C15H20ClNO3. The van der Waals surface area contributed by atoms with Crippen LogP contribution in [0.25, 0.3) is 0 Å². The minimum Gasteiger partial charge on any atom is -0.486 e. The second-order valence-corrected chi connectivity index (χ2v) is 5.51. The molecule has 5 heteroatoms. The highest BCUT2D eigenvalue weighted by Gasteiger charge is 2.23. The lowest BCUT2D eigenvalue weighted by Gasteiger charge is -2.24. The highest BCUT2D eigenvalue weighted by molar-refractivity contribution is 6.17. The molecule has 2 rings (SSSR count). The Morgan fingerprint density at radius 2 is 2.10 bits per heavy atom. The van der Waals surface area contributed by atoms with Crippen LogP contribution in [0.5, 0.6) is 11.5 Å². The summed E-state index contributed by atoms with van der Waals surface area (Å²) in [7, 11) is 0. The molecule has 0 radical (unpaired) electrons. The molecule has 1 aromatic carbocycles. The molecule has 1 heterocycles. The number of ether oxygens (including phenoxy) is 2. The predicted octanol–water partition coefficient (Wildman–Crippen LogP) is 2.84. The Morgan fingerprint density at radius 3 is 2.80 bits per heavy atom. The molecule has 0 aromatic heterocycles. The summed E-state index contributed by atoms with van der Waals surface area (Å²) < 4.78 is 11.1. The van der Waals surface area contributed by atoms with Gasteiger partial charge in [0, 0.05) is 11.9 Å². The molecule has 1 atom stereocenters. The van der Waals surface area contributed by atoms with E-state index in [0.717, 1.165) is 6.42 Å². The van der Waals surface area contributed by atoms with Crippen molar-refractivity contribution in [2.45, 2.75) is 26.3 Å². The van der Waals surface area contributed by atoms with Gasteiger partial charge in [0.1, 0.15) is 13.2 Å². The first kappa shape index (κ1) is 15.0. The van der Waals surface area contributed by atoms with E-state index < -0.39 is 0 Å². The van der Waals surface area contributed by atoms with Gasteiger partial charge in [0.15, 0.2) is 11.5 Å². The third kappa shape index (κ3) is 3.37. The summed E-state index contributed by atoms with van der Waals surface area (Å²) >= 11 is 5.79. The van der Waals surface area contributed by atoms with E-state index in [9.17, 15) is 4.79 Å². The van der Waals surface area contributed by atoms with Gasteiger partial charge in [0.25, 0.3) is 5.91 Å². The van der Waals surface area contributed by atoms with Crippen LogP contribution in [-0.2, 0) is 0 Å². The van der Waals surface area contributed by atoms with Gasteiger partial charge in [0.2, 0.25) is 0 Å². The lowest BCUT2D eigenvalue weighted by atomic mass is 10.0. The van der Waals surface area contributed by atoms with Gasteiger partial charge in [-0.3, -0.25) is 4.79 Å². The van der Waals surface area contributed by atoms with Gasteiger partial charge in [-0.15, -0.1) is 11.6 Å². The summed E-state index contributed by atoms with van der Waals surface area (Å²) in [6.07, 6.45) is 0.747. The molecule has 1 unspecified atom stereocenters. The molecule has 1 aliphatic heterocycles. The third-order valence-corrected chi connectivity index (χ3v) is 3.57. The molecule has 1 amide bonds. The number of carbonyl (C=O) groups excluding carboxylic acids is 1. The van der Waals surface area contributed by atoms with E-state index in [4.69, 9.17) is 21.1 Å². The van der Waals surface area contributed by atoms with Crippen molar-refractivity contribution >= 4 is 17.5 Å². The van der Waals surface area contributed by atoms with Gasteiger partial charge in [-0.25, -0.2) is 0 Å². The van der Waals surface area contributed by atoms with Gasteiger partial charge in [0.05, 0.1) is 5.56 Å². The number of nitrogens with one attached hydrogen (secondary N) is 1. The normalized spacial score (nSPS) is 15.0. The molecule has 0 saturated heterocycles. The smallest absolute Gasteiger partial charge is 0.255 e. The van der Waals surface area contributed by atoms with E-state index in [2.05, 4.69) is 19.2 Å². The van der Waals surface area contributed by atoms with Crippen LogP contribution in [0.1, 0.15) is 30.6 Å². The van der Waals surface area contributed by atoms with Crippen LogP contribution in [0.2, 0.25) is 0 Å². The minimum atomic E-state index is -0.142. The molecule has 110 valence electrons. The standard InChI is InChI=1S/C15H20ClNO3/c1-10(2)12(6-7-16)17-15(18)11-4-3-5-13-14(11)20-9-8-19-13/h3-5,10,12H,6-9H2,1-2H3,(H,17,18). The van der Waals surface area contributed by atoms with Crippen LogP contribution >= 0.6 is 11.6 Å². The molecule has 1 N–H and O–H groups in total. The summed E-state index contributed by atoms with van der Waals surface area (Å²) in [4.78, 5) is 12.4. The SMILES string of the molecule is CC(C)C(CCCl)NC(=O)c1cccc2c1OCCO2. The first-order valence-corrected chi connectivity index (χ1v) is 7.42. The Balaban J connectivity index is 2.16. The monoisotopic (exact) mass is 297 g/mol. The first-order chi connectivity index (χ1) is 9.63. The van der Waals surface area contributed by atoms with E-state index in [0.29, 0.717) is 42.1 Å². The van der Waals surface area contributed by atoms with E-state index in [1.807, 2.05) is 6.07 Å². The summed E-state index contributed by atoms with van der Waals surface area (Å²) in [5, 5.41) is 3.02. The number of fused-ring (bicyclic) bond motifs is 1. The number of carbonyl (C=O) groups is 1. The summed E-state index contributed by atoms with van der Waals surface area (Å²) in [5.74, 6) is 1.87. The number of para-hydroxylation sites is 1. The number of hydrogen-bond donors (Lipinski definition) is 1. The van der Waals surface area contributed by atoms with Crippen LogP contribution in [0.4, 0.5) is 0 Å². The van der Waals surface area contributed by atoms with Crippen molar-refractivity contribution in [1.29, 1.82) is 0 Å². The maximum absolute atomic E-state index is 12.4. The highest BCUT2D eigenvalue weighted by atomic mass is 35.5. The molecule has 20 heavy (non-hydrogen) atoms. The summed E-state index contributed by atoms with van der Waals surface area (Å²) in [6, 6.07) is 5.42. The van der Waals surface area contributed by atoms with Gasteiger partial charge >= 0.3 is 0 Å². The Labute approximate surface area is 124 Å². The number of rotatable bonds is 5. The number of amides is 1. The fourth-order valence-corrected chi connectivity index (χ4v) is 2.42. The van der Waals surface area contributed by atoms with Crippen LogP contribution in [0.3, 0.4) is 0 Å². The second-order valence-electron chi connectivity index (χ2n) is 5.13. The number of alkyl halides is 1. The topological polar surface area (TPSA) is 47.6 Å². The minimum absolute atomic E-state index is 0.0559. The lowest BCUT2D eigenvalue weighted by Crippen LogP contribution is -2.39. The average molecular weight is 298 g/mol. The predicted molar refractivity (Wildman–Crippen MR) is 78.9 cm³/mol. The molecule has 0 spiro atoms. The summed E-state index contributed by atoms with van der Waals surface area (Å²) in [5.41, 5.74) is 0.516. The van der Waals surface area contributed by atoms with Crippen molar-refractivity contribution in [2.24, 2.45) is 5.92 Å². The molecule has 4 nitrogen and oxygen atoms in total. The van der Waals surface area contributed by atoms with Gasteiger partial charge in [-0.2, -0.15) is 0 Å². The maximum atomic E-state index is 12.4. The maximum Gasteiger partial charge on any atom is 0.255 e. The van der Waals surface area contributed by atoms with Crippen LogP contribution < -0.4 is 14.8 Å². The fraction of sp³-hybridized carbons (Fsp3) is 0.533. The number of halogens is 1. The average Bonchev–Trinajstić information content (AvgIpc) is 2.46. The summed E-state index contributed by atoms with van der Waals surface area (Å²) in [6.45, 7) is 5.11. The van der Waals surface area contributed by atoms with Crippen molar-refractivity contribution < 1.29 is 14.3 Å². The zero-order valence-electron chi connectivity index (χ0n) is 11.8. The quantitative estimate of drug-likeness (QED) is 0.850.